The number of alkyl halides is 1. The molecule has 0 fully saturated rings. The monoisotopic (exact) mass is 398 g/mol. The van der Waals surface area contributed by atoms with Crippen LogP contribution in [0.2, 0.25) is 0 Å². The number of hydrogen-bond acceptors (Lipinski definition) is 3. The number of ether oxygens (including phenoxy) is 1. The molecule has 1 aromatic heterocycles. The average Bonchev–Trinajstić information content (AvgIpc) is 3.01. The molecule has 0 aliphatic rings. The number of ketones is 1. The minimum absolute atomic E-state index is 0.0512. The molecule has 0 aliphatic heterocycles. The molecule has 0 saturated heterocycles. The maximum absolute atomic E-state index is 13.3. The number of rotatable bonds is 10. The van der Waals surface area contributed by atoms with Gasteiger partial charge in [0.1, 0.15) is 5.75 Å². The standard InChI is InChI=1S/C23H27ClN2O2/c1-17-22(23(27)18-9-11-19(28-2)12-10-18)20-7-3-4-8-21(20)26(17)16-6-15-25-14-5-13-24/h3-4,7-12,25H,5-6,13-16H2,1-2H3. The number of para-hydroxylation sites is 1. The fraction of sp³-hybridized carbons (Fsp3) is 0.348. The number of fused-ring (bicyclic) bond motifs is 1. The van der Waals surface area contributed by atoms with Crippen LogP contribution >= 0.6 is 11.6 Å². The minimum Gasteiger partial charge on any atom is -0.497 e. The van der Waals surface area contributed by atoms with Crippen LogP contribution in [0.15, 0.2) is 48.5 Å². The van der Waals surface area contributed by atoms with Crippen molar-refractivity contribution in [3.63, 3.8) is 0 Å². The van der Waals surface area contributed by atoms with Gasteiger partial charge >= 0.3 is 0 Å². The molecule has 0 unspecified atom stereocenters. The number of methoxy groups -OCH3 is 1. The van der Waals surface area contributed by atoms with Crippen LogP contribution < -0.4 is 10.1 Å². The van der Waals surface area contributed by atoms with Gasteiger partial charge in [0.25, 0.3) is 0 Å². The first kappa shape index (κ1) is 20.4. The molecular formula is C23H27ClN2O2. The summed E-state index contributed by atoms with van der Waals surface area (Å²) in [6.45, 7) is 4.79. The molecule has 0 aliphatic carbocycles. The van der Waals surface area contributed by atoms with Crippen molar-refractivity contribution >= 4 is 28.3 Å². The molecule has 1 N–H and O–H groups in total. The molecule has 1 heterocycles. The van der Waals surface area contributed by atoms with Gasteiger partial charge in [-0.25, -0.2) is 0 Å². The molecule has 2 aromatic carbocycles. The Bertz CT molecular complexity index is 932. The van der Waals surface area contributed by atoms with E-state index < -0.39 is 0 Å². The van der Waals surface area contributed by atoms with Gasteiger partial charge in [-0.3, -0.25) is 4.79 Å². The third-order valence-corrected chi connectivity index (χ3v) is 5.30. The van der Waals surface area contributed by atoms with Gasteiger partial charge in [-0.05, 0) is 63.2 Å². The van der Waals surface area contributed by atoms with Crippen molar-refractivity contribution < 1.29 is 9.53 Å². The van der Waals surface area contributed by atoms with Crippen LogP contribution in [0.4, 0.5) is 0 Å². The maximum atomic E-state index is 13.3. The molecule has 0 radical (unpaired) electrons. The SMILES string of the molecule is COc1ccc(C(=O)c2c(C)n(CCCNCCCCl)c3ccccc23)cc1. The molecule has 0 atom stereocenters. The lowest BCUT2D eigenvalue weighted by Crippen LogP contribution is -2.18. The van der Waals surface area contributed by atoms with Gasteiger partial charge in [0.05, 0.1) is 12.7 Å². The van der Waals surface area contributed by atoms with Crippen molar-refractivity contribution in [1.82, 2.24) is 9.88 Å². The summed E-state index contributed by atoms with van der Waals surface area (Å²) in [4.78, 5) is 13.3. The highest BCUT2D eigenvalue weighted by molar-refractivity contribution is 6.18. The Kier molecular flexibility index (Phi) is 7.12. The highest BCUT2D eigenvalue weighted by Crippen LogP contribution is 2.28. The molecule has 0 spiro atoms. The van der Waals surface area contributed by atoms with Gasteiger partial charge in [-0.15, -0.1) is 11.6 Å². The fourth-order valence-electron chi connectivity index (χ4n) is 3.57. The summed E-state index contributed by atoms with van der Waals surface area (Å²) >= 11 is 5.71. The van der Waals surface area contributed by atoms with E-state index in [0.717, 1.165) is 60.4 Å². The van der Waals surface area contributed by atoms with Crippen LogP contribution in [0.5, 0.6) is 5.75 Å². The Hall–Kier alpha value is -2.30. The van der Waals surface area contributed by atoms with E-state index in [2.05, 4.69) is 16.0 Å². The summed E-state index contributed by atoms with van der Waals surface area (Å²) in [7, 11) is 1.62. The zero-order valence-electron chi connectivity index (χ0n) is 16.5. The normalized spacial score (nSPS) is 11.1. The number of nitrogens with one attached hydrogen (secondary N) is 1. The van der Waals surface area contributed by atoms with Gasteiger partial charge in [0.15, 0.2) is 5.78 Å². The highest BCUT2D eigenvalue weighted by Gasteiger charge is 2.20. The third kappa shape index (κ3) is 4.40. The van der Waals surface area contributed by atoms with Crippen molar-refractivity contribution in [2.24, 2.45) is 0 Å². The molecule has 5 heteroatoms. The zero-order chi connectivity index (χ0) is 19.9. The number of carbonyl (C=O) groups is 1. The summed E-state index contributed by atoms with van der Waals surface area (Å²) < 4.78 is 7.46. The van der Waals surface area contributed by atoms with Crippen molar-refractivity contribution in [1.29, 1.82) is 0 Å². The van der Waals surface area contributed by atoms with Gasteiger partial charge < -0.3 is 14.6 Å². The molecule has 0 bridgehead atoms. The summed E-state index contributed by atoms with van der Waals surface area (Å²) in [5.74, 6) is 1.48. The Balaban J connectivity index is 1.86. The second-order valence-electron chi connectivity index (χ2n) is 6.83. The number of nitrogens with zero attached hydrogens (tertiary/aromatic N) is 1. The van der Waals surface area contributed by atoms with Crippen LogP contribution in [0.25, 0.3) is 10.9 Å². The van der Waals surface area contributed by atoms with Crippen molar-refractivity contribution in [3.8, 4) is 5.75 Å². The van der Waals surface area contributed by atoms with E-state index in [1.165, 1.54) is 0 Å². The molecular weight excluding hydrogens is 372 g/mol. The topological polar surface area (TPSA) is 43.3 Å². The molecule has 3 rings (SSSR count). The lowest BCUT2D eigenvalue weighted by Gasteiger charge is -2.09. The first-order valence-corrected chi connectivity index (χ1v) is 10.2. The largest absolute Gasteiger partial charge is 0.497 e. The van der Waals surface area contributed by atoms with Gasteiger partial charge in [0, 0.05) is 34.6 Å². The number of halogens is 1. The van der Waals surface area contributed by atoms with E-state index in [9.17, 15) is 4.79 Å². The lowest BCUT2D eigenvalue weighted by atomic mass is 10.0. The maximum Gasteiger partial charge on any atom is 0.195 e. The van der Waals surface area contributed by atoms with E-state index in [0.29, 0.717) is 11.4 Å². The smallest absolute Gasteiger partial charge is 0.195 e. The van der Waals surface area contributed by atoms with E-state index in [-0.39, 0.29) is 5.78 Å². The van der Waals surface area contributed by atoms with E-state index >= 15 is 0 Å². The lowest BCUT2D eigenvalue weighted by molar-refractivity contribution is 0.103. The summed E-state index contributed by atoms with van der Waals surface area (Å²) in [5.41, 5.74) is 3.59. The van der Waals surface area contributed by atoms with Crippen molar-refractivity contribution in [2.45, 2.75) is 26.3 Å². The molecule has 4 nitrogen and oxygen atoms in total. The van der Waals surface area contributed by atoms with E-state index in [1.807, 2.05) is 49.4 Å². The van der Waals surface area contributed by atoms with Gasteiger partial charge in [-0.1, -0.05) is 18.2 Å². The number of carbonyl (C=O) groups excluding carboxylic acids is 1. The molecule has 0 amide bonds. The fourth-order valence-corrected chi connectivity index (χ4v) is 3.71. The Morgan fingerprint density at radius 2 is 1.79 bits per heavy atom. The number of aromatic nitrogens is 1. The molecule has 28 heavy (non-hydrogen) atoms. The van der Waals surface area contributed by atoms with Crippen LogP contribution in [-0.4, -0.2) is 36.4 Å². The summed E-state index contributed by atoms with van der Waals surface area (Å²) in [6.07, 6.45) is 1.98. The quantitative estimate of drug-likeness (QED) is 0.303. The van der Waals surface area contributed by atoms with Crippen molar-refractivity contribution in [3.05, 3.63) is 65.4 Å². The van der Waals surface area contributed by atoms with Gasteiger partial charge in [0.2, 0.25) is 0 Å². The van der Waals surface area contributed by atoms with Crippen LogP contribution in [-0.2, 0) is 6.54 Å². The third-order valence-electron chi connectivity index (χ3n) is 5.03. The van der Waals surface area contributed by atoms with Crippen molar-refractivity contribution in [2.75, 3.05) is 26.1 Å². The number of hydrogen-bond donors (Lipinski definition) is 1. The summed E-state index contributed by atoms with van der Waals surface area (Å²) in [5, 5.41) is 4.42. The zero-order valence-corrected chi connectivity index (χ0v) is 17.3. The van der Waals surface area contributed by atoms with Crippen LogP contribution in [0, 0.1) is 6.92 Å². The van der Waals surface area contributed by atoms with E-state index in [1.54, 1.807) is 7.11 Å². The second-order valence-corrected chi connectivity index (χ2v) is 7.21. The molecule has 3 aromatic rings. The molecule has 148 valence electrons. The average molecular weight is 399 g/mol. The predicted molar refractivity (Wildman–Crippen MR) is 116 cm³/mol. The van der Waals surface area contributed by atoms with E-state index in [4.69, 9.17) is 16.3 Å². The Morgan fingerprint density at radius 1 is 1.07 bits per heavy atom. The predicted octanol–water partition coefficient (Wildman–Crippen LogP) is 4.80. The van der Waals surface area contributed by atoms with Crippen LogP contribution in [0.3, 0.4) is 0 Å². The number of aryl methyl sites for hydroxylation is 1. The highest BCUT2D eigenvalue weighted by atomic mass is 35.5. The molecule has 0 saturated carbocycles. The Labute approximate surface area is 171 Å². The second kappa shape index (κ2) is 9.76. The van der Waals surface area contributed by atoms with Gasteiger partial charge in [-0.2, -0.15) is 0 Å². The first-order valence-electron chi connectivity index (χ1n) is 9.70. The minimum atomic E-state index is 0.0512. The first-order chi connectivity index (χ1) is 13.7. The summed E-state index contributed by atoms with van der Waals surface area (Å²) in [6, 6.07) is 15.5. The number of benzene rings is 2. The van der Waals surface area contributed by atoms with Crippen LogP contribution in [0.1, 0.15) is 34.5 Å². The Morgan fingerprint density at radius 3 is 2.50 bits per heavy atom.